The van der Waals surface area contributed by atoms with Gasteiger partial charge in [0.1, 0.15) is 5.75 Å². The van der Waals surface area contributed by atoms with Gasteiger partial charge < -0.3 is 15.0 Å². The quantitative estimate of drug-likeness (QED) is 0.934. The van der Waals surface area contributed by atoms with Gasteiger partial charge in [0.2, 0.25) is 5.95 Å². The van der Waals surface area contributed by atoms with Crippen LogP contribution in [0.5, 0.6) is 5.75 Å². The van der Waals surface area contributed by atoms with E-state index in [4.69, 9.17) is 4.74 Å². The first kappa shape index (κ1) is 15.5. The number of rotatable bonds is 4. The predicted molar refractivity (Wildman–Crippen MR) is 91.5 cm³/mol. The molecule has 2 heterocycles. The summed E-state index contributed by atoms with van der Waals surface area (Å²) in [7, 11) is 1.66. The molecule has 0 spiro atoms. The molecule has 1 saturated heterocycles. The maximum atomic E-state index is 5.40. The zero-order valence-corrected chi connectivity index (χ0v) is 13.7. The van der Waals surface area contributed by atoms with Crippen LogP contribution >= 0.6 is 0 Å². The number of hydrogen-bond donors (Lipinski definition) is 1. The van der Waals surface area contributed by atoms with Gasteiger partial charge in [0.25, 0.3) is 0 Å². The van der Waals surface area contributed by atoms with Gasteiger partial charge >= 0.3 is 0 Å². The highest BCUT2D eigenvalue weighted by atomic mass is 16.5. The van der Waals surface area contributed by atoms with Gasteiger partial charge in [0.05, 0.1) is 19.0 Å². The Bertz CT molecular complexity index is 653. The number of methoxy groups -OCH3 is 1. The lowest BCUT2D eigenvalue weighted by Crippen LogP contribution is -2.26. The van der Waals surface area contributed by atoms with Gasteiger partial charge in [-0.1, -0.05) is 18.9 Å². The summed E-state index contributed by atoms with van der Waals surface area (Å²) in [5, 5.41) is 11.6. The van der Waals surface area contributed by atoms with E-state index in [2.05, 4.69) is 25.4 Å². The van der Waals surface area contributed by atoms with Crippen LogP contribution in [0.3, 0.4) is 0 Å². The molecule has 0 atom stereocenters. The van der Waals surface area contributed by atoms with Crippen molar-refractivity contribution in [3.05, 3.63) is 30.0 Å². The van der Waals surface area contributed by atoms with Crippen molar-refractivity contribution in [2.75, 3.05) is 30.4 Å². The molecular weight excluding hydrogens is 290 g/mol. The normalized spacial score (nSPS) is 15.1. The molecule has 3 rings (SSSR count). The van der Waals surface area contributed by atoms with Crippen molar-refractivity contribution in [1.82, 2.24) is 15.2 Å². The Morgan fingerprint density at radius 1 is 1.13 bits per heavy atom. The third-order valence-electron chi connectivity index (χ3n) is 4.05. The second kappa shape index (κ2) is 7.26. The van der Waals surface area contributed by atoms with Crippen LogP contribution in [0.15, 0.2) is 24.4 Å². The molecule has 0 unspecified atom stereocenters. The second-order valence-electron chi connectivity index (χ2n) is 5.87. The fraction of sp³-hybridized carbons (Fsp3) is 0.471. The molecule has 1 N–H and O–H groups in total. The van der Waals surface area contributed by atoms with Gasteiger partial charge in [-0.3, -0.25) is 0 Å². The second-order valence-corrected chi connectivity index (χ2v) is 5.87. The summed E-state index contributed by atoms with van der Waals surface area (Å²) in [4.78, 5) is 6.84. The number of hydrogen-bond acceptors (Lipinski definition) is 6. The number of aromatic nitrogens is 3. The maximum absolute atomic E-state index is 5.40. The molecule has 0 amide bonds. The van der Waals surface area contributed by atoms with Crippen LogP contribution in [0.1, 0.15) is 31.2 Å². The summed E-state index contributed by atoms with van der Waals surface area (Å²) >= 11 is 0. The molecule has 2 aromatic rings. The lowest BCUT2D eigenvalue weighted by atomic mass is 10.2. The van der Waals surface area contributed by atoms with Crippen LogP contribution in [-0.2, 0) is 0 Å². The summed E-state index contributed by atoms with van der Waals surface area (Å²) < 4.78 is 5.40. The van der Waals surface area contributed by atoms with Crippen molar-refractivity contribution in [2.24, 2.45) is 0 Å². The molecule has 23 heavy (non-hydrogen) atoms. The zero-order valence-electron chi connectivity index (χ0n) is 13.7. The highest BCUT2D eigenvalue weighted by molar-refractivity contribution is 5.65. The SMILES string of the molecule is COc1ccc(C)cc1Nc1cnnc(N2CCCCCC2)n1. The van der Waals surface area contributed by atoms with E-state index in [9.17, 15) is 0 Å². The first-order valence-corrected chi connectivity index (χ1v) is 8.12. The van der Waals surface area contributed by atoms with E-state index in [1.165, 1.54) is 25.7 Å². The summed E-state index contributed by atoms with van der Waals surface area (Å²) in [6, 6.07) is 6.00. The molecule has 1 fully saturated rings. The molecule has 0 aliphatic carbocycles. The molecule has 0 bridgehead atoms. The Morgan fingerprint density at radius 2 is 1.91 bits per heavy atom. The zero-order chi connectivity index (χ0) is 16.1. The van der Waals surface area contributed by atoms with Crippen molar-refractivity contribution in [2.45, 2.75) is 32.6 Å². The Morgan fingerprint density at radius 3 is 2.65 bits per heavy atom. The van der Waals surface area contributed by atoms with Gasteiger partial charge in [-0.25, -0.2) is 0 Å². The minimum Gasteiger partial charge on any atom is -0.495 e. The van der Waals surface area contributed by atoms with Crippen LogP contribution in [0.4, 0.5) is 17.5 Å². The Labute approximate surface area is 136 Å². The van der Waals surface area contributed by atoms with E-state index < -0.39 is 0 Å². The Hall–Kier alpha value is -2.37. The largest absolute Gasteiger partial charge is 0.495 e. The van der Waals surface area contributed by atoms with Crippen molar-refractivity contribution < 1.29 is 4.74 Å². The smallest absolute Gasteiger partial charge is 0.247 e. The van der Waals surface area contributed by atoms with Crippen LogP contribution in [0.2, 0.25) is 0 Å². The monoisotopic (exact) mass is 313 g/mol. The topological polar surface area (TPSA) is 63.2 Å². The van der Waals surface area contributed by atoms with Crippen molar-refractivity contribution in [3.8, 4) is 5.75 Å². The highest BCUT2D eigenvalue weighted by Crippen LogP contribution is 2.28. The molecule has 0 radical (unpaired) electrons. The Balaban J connectivity index is 1.81. The lowest BCUT2D eigenvalue weighted by molar-refractivity contribution is 0.416. The number of nitrogens with zero attached hydrogens (tertiary/aromatic N) is 4. The maximum Gasteiger partial charge on any atom is 0.247 e. The van der Waals surface area contributed by atoms with E-state index >= 15 is 0 Å². The van der Waals surface area contributed by atoms with Gasteiger partial charge in [-0.05, 0) is 37.5 Å². The van der Waals surface area contributed by atoms with Crippen LogP contribution in [0.25, 0.3) is 0 Å². The summed E-state index contributed by atoms with van der Waals surface area (Å²) in [6.07, 6.45) is 6.58. The van der Waals surface area contributed by atoms with Gasteiger partial charge in [0, 0.05) is 13.1 Å². The van der Waals surface area contributed by atoms with E-state index in [0.717, 1.165) is 30.1 Å². The molecule has 0 saturated carbocycles. The molecule has 1 aromatic heterocycles. The number of nitrogens with one attached hydrogen (secondary N) is 1. The molecule has 6 heteroatoms. The van der Waals surface area contributed by atoms with Crippen LogP contribution in [0, 0.1) is 6.92 Å². The summed E-state index contributed by atoms with van der Waals surface area (Å²) in [5.41, 5.74) is 2.04. The number of anilines is 3. The fourth-order valence-electron chi connectivity index (χ4n) is 2.82. The Kier molecular flexibility index (Phi) is 4.90. The van der Waals surface area contributed by atoms with Gasteiger partial charge in [-0.2, -0.15) is 10.1 Å². The first-order valence-electron chi connectivity index (χ1n) is 8.12. The summed E-state index contributed by atoms with van der Waals surface area (Å²) in [5.74, 6) is 2.16. The van der Waals surface area contributed by atoms with E-state index in [0.29, 0.717) is 11.8 Å². The van der Waals surface area contributed by atoms with E-state index in [-0.39, 0.29) is 0 Å². The predicted octanol–water partition coefficient (Wildman–Crippen LogP) is 3.31. The fourth-order valence-corrected chi connectivity index (χ4v) is 2.82. The molecular formula is C17H23N5O. The van der Waals surface area contributed by atoms with Crippen molar-refractivity contribution in [1.29, 1.82) is 0 Å². The molecule has 1 aliphatic heterocycles. The van der Waals surface area contributed by atoms with E-state index in [1.807, 2.05) is 25.1 Å². The third kappa shape index (κ3) is 3.88. The molecule has 122 valence electrons. The number of aryl methyl sites for hydroxylation is 1. The van der Waals surface area contributed by atoms with Crippen molar-refractivity contribution >= 4 is 17.5 Å². The lowest BCUT2D eigenvalue weighted by Gasteiger charge is -2.20. The van der Waals surface area contributed by atoms with Gasteiger partial charge in [0.15, 0.2) is 5.82 Å². The molecule has 6 nitrogen and oxygen atoms in total. The molecule has 1 aliphatic rings. The number of ether oxygens (including phenoxy) is 1. The average molecular weight is 313 g/mol. The van der Waals surface area contributed by atoms with Crippen LogP contribution < -0.4 is 15.0 Å². The van der Waals surface area contributed by atoms with Crippen molar-refractivity contribution in [3.63, 3.8) is 0 Å². The molecule has 1 aromatic carbocycles. The summed E-state index contributed by atoms with van der Waals surface area (Å²) in [6.45, 7) is 4.04. The average Bonchev–Trinajstić information content (AvgIpc) is 2.85. The van der Waals surface area contributed by atoms with Gasteiger partial charge in [-0.15, -0.1) is 5.10 Å². The minimum absolute atomic E-state index is 0.683. The van der Waals surface area contributed by atoms with Crippen LogP contribution in [-0.4, -0.2) is 35.4 Å². The number of benzene rings is 1. The highest BCUT2D eigenvalue weighted by Gasteiger charge is 2.14. The van der Waals surface area contributed by atoms with E-state index in [1.54, 1.807) is 13.3 Å². The first-order chi connectivity index (χ1) is 11.3. The minimum atomic E-state index is 0.683. The third-order valence-corrected chi connectivity index (χ3v) is 4.05. The standard InChI is InChI=1S/C17H23N5O/c1-13-7-8-15(23-2)14(11-13)19-16-12-18-21-17(20-16)22-9-5-3-4-6-10-22/h7-8,11-12H,3-6,9-10H2,1-2H3,(H,19,20,21).